The summed E-state index contributed by atoms with van der Waals surface area (Å²) in [5, 5.41) is 7.76. The van der Waals surface area contributed by atoms with E-state index in [0.717, 1.165) is 35.4 Å². The summed E-state index contributed by atoms with van der Waals surface area (Å²) in [6.07, 6.45) is 3.09. The van der Waals surface area contributed by atoms with Crippen LogP contribution in [0.2, 0.25) is 0 Å². The van der Waals surface area contributed by atoms with Crippen molar-refractivity contribution in [2.75, 3.05) is 11.9 Å². The molecule has 0 bridgehead atoms. The Hall–Kier alpha value is -1.92. The fourth-order valence-corrected chi connectivity index (χ4v) is 4.67. The molecule has 4 nitrogen and oxygen atoms in total. The number of hydrogen-bond donors (Lipinski definition) is 2. The first-order chi connectivity index (χ1) is 12.6. The van der Waals surface area contributed by atoms with Crippen molar-refractivity contribution in [3.8, 4) is 0 Å². The molecule has 1 aliphatic rings. The molecule has 1 heterocycles. The van der Waals surface area contributed by atoms with Gasteiger partial charge in [0, 0.05) is 11.4 Å². The Kier molecular flexibility index (Phi) is 6.27. The van der Waals surface area contributed by atoms with Crippen molar-refractivity contribution in [3.05, 3.63) is 51.9 Å². The molecule has 2 N–H and O–H groups in total. The number of anilines is 1. The van der Waals surface area contributed by atoms with E-state index < -0.39 is 0 Å². The molecule has 1 aromatic heterocycles. The highest BCUT2D eigenvalue weighted by molar-refractivity contribution is 7.80. The minimum absolute atomic E-state index is 0.257. The van der Waals surface area contributed by atoms with Crippen LogP contribution in [0.4, 0.5) is 5.00 Å². The summed E-state index contributed by atoms with van der Waals surface area (Å²) < 4.78 is 5.30. The lowest BCUT2D eigenvalue weighted by Gasteiger charge is -2.18. The third-order valence-corrected chi connectivity index (χ3v) is 5.96. The summed E-state index contributed by atoms with van der Waals surface area (Å²) in [6.45, 7) is 5.08. The average molecular weight is 389 g/mol. The first-order valence-electron chi connectivity index (χ1n) is 8.99. The minimum Gasteiger partial charge on any atom is -0.462 e. The summed E-state index contributed by atoms with van der Waals surface area (Å²) in [7, 11) is 0. The molecule has 0 saturated heterocycles. The summed E-state index contributed by atoms with van der Waals surface area (Å²) in [6, 6.07) is 10.1. The van der Waals surface area contributed by atoms with Crippen molar-refractivity contribution in [3.63, 3.8) is 0 Å². The smallest absolute Gasteiger partial charge is 0.341 e. The minimum atomic E-state index is -0.257. The van der Waals surface area contributed by atoms with Gasteiger partial charge >= 0.3 is 5.97 Å². The number of rotatable bonds is 5. The van der Waals surface area contributed by atoms with E-state index in [0.29, 0.717) is 29.7 Å². The van der Waals surface area contributed by atoms with Gasteiger partial charge in [-0.1, -0.05) is 37.3 Å². The van der Waals surface area contributed by atoms with Crippen molar-refractivity contribution in [2.24, 2.45) is 5.92 Å². The number of carbonyl (C=O) groups excluding carboxylic acids is 1. The van der Waals surface area contributed by atoms with E-state index in [1.165, 1.54) is 4.88 Å². The van der Waals surface area contributed by atoms with Crippen molar-refractivity contribution in [2.45, 2.75) is 39.7 Å². The zero-order valence-corrected chi connectivity index (χ0v) is 16.8. The molecule has 6 heteroatoms. The van der Waals surface area contributed by atoms with Crippen LogP contribution in [0.3, 0.4) is 0 Å². The first kappa shape index (κ1) is 18.9. The number of ether oxygens (including phenoxy) is 1. The summed E-state index contributed by atoms with van der Waals surface area (Å²) in [4.78, 5) is 13.8. The van der Waals surface area contributed by atoms with Gasteiger partial charge in [-0.15, -0.1) is 11.3 Å². The van der Waals surface area contributed by atoms with Gasteiger partial charge in [-0.2, -0.15) is 0 Å². The number of fused-ring (bicyclic) bond motifs is 1. The fraction of sp³-hybridized carbons (Fsp3) is 0.400. The zero-order valence-electron chi connectivity index (χ0n) is 15.1. The molecule has 0 fully saturated rings. The van der Waals surface area contributed by atoms with Gasteiger partial charge in [-0.05, 0) is 55.4 Å². The largest absolute Gasteiger partial charge is 0.462 e. The predicted molar refractivity (Wildman–Crippen MR) is 111 cm³/mol. The van der Waals surface area contributed by atoms with Gasteiger partial charge in [-0.25, -0.2) is 4.79 Å². The van der Waals surface area contributed by atoms with Crippen LogP contribution in [0, 0.1) is 5.92 Å². The molecule has 26 heavy (non-hydrogen) atoms. The molecule has 138 valence electrons. The molecule has 3 rings (SSSR count). The van der Waals surface area contributed by atoms with Gasteiger partial charge in [0.2, 0.25) is 0 Å². The van der Waals surface area contributed by atoms with E-state index in [4.69, 9.17) is 17.0 Å². The molecular formula is C20H24N2O2S2. The van der Waals surface area contributed by atoms with Crippen LogP contribution in [-0.4, -0.2) is 17.7 Å². The number of thiophene rings is 1. The van der Waals surface area contributed by atoms with Crippen LogP contribution < -0.4 is 10.6 Å². The predicted octanol–water partition coefficient (Wildman–Crippen LogP) is 4.54. The number of benzene rings is 1. The Bertz CT molecular complexity index is 787. The lowest BCUT2D eigenvalue weighted by molar-refractivity contribution is 0.0526. The van der Waals surface area contributed by atoms with Gasteiger partial charge in [0.15, 0.2) is 5.11 Å². The topological polar surface area (TPSA) is 50.4 Å². The maximum atomic E-state index is 12.5. The first-order valence-corrected chi connectivity index (χ1v) is 10.2. The monoisotopic (exact) mass is 388 g/mol. The Balaban J connectivity index is 1.76. The van der Waals surface area contributed by atoms with Gasteiger partial charge in [0.05, 0.1) is 12.2 Å². The van der Waals surface area contributed by atoms with Crippen LogP contribution in [0.5, 0.6) is 0 Å². The highest BCUT2D eigenvalue weighted by atomic mass is 32.1. The molecule has 1 unspecified atom stereocenters. The highest BCUT2D eigenvalue weighted by Crippen LogP contribution is 2.40. The van der Waals surface area contributed by atoms with Gasteiger partial charge in [0.25, 0.3) is 0 Å². The van der Waals surface area contributed by atoms with E-state index in [1.54, 1.807) is 11.3 Å². The number of thiocarbonyl (C=S) groups is 1. The molecule has 1 aromatic carbocycles. The maximum absolute atomic E-state index is 12.5. The van der Waals surface area contributed by atoms with E-state index in [2.05, 4.69) is 17.6 Å². The van der Waals surface area contributed by atoms with E-state index in [-0.39, 0.29) is 5.97 Å². The third-order valence-electron chi connectivity index (χ3n) is 4.51. The van der Waals surface area contributed by atoms with E-state index >= 15 is 0 Å². The second kappa shape index (κ2) is 8.64. The lowest BCUT2D eigenvalue weighted by Crippen LogP contribution is -2.28. The summed E-state index contributed by atoms with van der Waals surface area (Å²) in [5.74, 6) is 0.328. The molecule has 1 atom stereocenters. The molecule has 0 saturated carbocycles. The quantitative estimate of drug-likeness (QED) is 0.582. The molecule has 1 aliphatic carbocycles. The molecule has 0 radical (unpaired) electrons. The number of aryl methyl sites for hydroxylation is 1. The van der Waals surface area contributed by atoms with Gasteiger partial charge < -0.3 is 15.4 Å². The standard InChI is InChI=1S/C20H24N2O2S2/c1-3-24-19(23)17-15-11-13(2)9-10-16(15)26-18(17)22-20(25)21-12-14-7-5-4-6-8-14/h4-8,13H,3,9-12H2,1-2H3,(H2,21,22,25). The van der Waals surface area contributed by atoms with Crippen LogP contribution in [0.15, 0.2) is 30.3 Å². The average Bonchev–Trinajstić information content (AvgIpc) is 2.98. The SMILES string of the molecule is CCOC(=O)c1c(NC(=S)NCc2ccccc2)sc2c1CC(C)CC2. The van der Waals surface area contributed by atoms with Crippen LogP contribution in [0.1, 0.15) is 46.6 Å². The fourth-order valence-electron chi connectivity index (χ4n) is 3.19. The van der Waals surface area contributed by atoms with E-state index in [9.17, 15) is 4.79 Å². The summed E-state index contributed by atoms with van der Waals surface area (Å²) >= 11 is 7.07. The Labute approximate surface area is 164 Å². The molecule has 0 spiro atoms. The van der Waals surface area contributed by atoms with Crippen molar-refractivity contribution < 1.29 is 9.53 Å². The normalized spacial score (nSPS) is 15.8. The van der Waals surface area contributed by atoms with Crippen LogP contribution >= 0.6 is 23.6 Å². The number of nitrogens with one attached hydrogen (secondary N) is 2. The summed E-state index contributed by atoms with van der Waals surface area (Å²) in [5.41, 5.74) is 2.96. The second-order valence-corrected chi connectivity index (χ2v) is 8.08. The highest BCUT2D eigenvalue weighted by Gasteiger charge is 2.28. The zero-order chi connectivity index (χ0) is 18.5. The lowest BCUT2D eigenvalue weighted by atomic mass is 9.88. The van der Waals surface area contributed by atoms with Crippen LogP contribution in [-0.2, 0) is 24.1 Å². The Morgan fingerprint density at radius 1 is 1.35 bits per heavy atom. The molecule has 0 amide bonds. The maximum Gasteiger partial charge on any atom is 0.341 e. The van der Waals surface area contributed by atoms with Crippen molar-refractivity contribution >= 4 is 39.6 Å². The number of esters is 1. The van der Waals surface area contributed by atoms with E-state index in [1.807, 2.05) is 37.3 Å². The molecule has 2 aromatic rings. The Morgan fingerprint density at radius 3 is 2.85 bits per heavy atom. The number of carbonyl (C=O) groups is 1. The number of hydrogen-bond acceptors (Lipinski definition) is 4. The van der Waals surface area contributed by atoms with Crippen molar-refractivity contribution in [1.29, 1.82) is 0 Å². The Morgan fingerprint density at radius 2 is 2.12 bits per heavy atom. The second-order valence-electron chi connectivity index (χ2n) is 6.57. The molecule has 0 aliphatic heterocycles. The van der Waals surface area contributed by atoms with Gasteiger partial charge in [-0.3, -0.25) is 0 Å². The third kappa shape index (κ3) is 4.43. The van der Waals surface area contributed by atoms with Gasteiger partial charge in [0.1, 0.15) is 5.00 Å². The van der Waals surface area contributed by atoms with Crippen LogP contribution in [0.25, 0.3) is 0 Å². The van der Waals surface area contributed by atoms with Crippen molar-refractivity contribution in [1.82, 2.24) is 5.32 Å². The molecular weight excluding hydrogens is 364 g/mol.